The van der Waals surface area contributed by atoms with Crippen LogP contribution in [0.5, 0.6) is 0 Å². The second kappa shape index (κ2) is 9.01. The molecule has 0 spiro atoms. The molecule has 1 aromatic heterocycles. The highest BCUT2D eigenvalue weighted by Crippen LogP contribution is 2.15. The third kappa shape index (κ3) is 5.11. The van der Waals surface area contributed by atoms with Crippen LogP contribution in [0.3, 0.4) is 0 Å². The standard InChI is InChI=1S/C15H29N3/c1-3-5-6-7-8-9-10-11-14-15(16)18(12-4-2)13-17-14/h13H,3-12,16H2,1-2H3. The second-order valence-corrected chi connectivity index (χ2v) is 5.14. The van der Waals surface area contributed by atoms with E-state index < -0.39 is 0 Å². The smallest absolute Gasteiger partial charge is 0.126 e. The van der Waals surface area contributed by atoms with Crippen molar-refractivity contribution in [3.63, 3.8) is 0 Å². The first-order chi connectivity index (χ1) is 8.79. The number of hydrogen-bond acceptors (Lipinski definition) is 2. The zero-order chi connectivity index (χ0) is 13.2. The topological polar surface area (TPSA) is 43.8 Å². The number of unbranched alkanes of at least 4 members (excludes halogenated alkanes) is 6. The van der Waals surface area contributed by atoms with Gasteiger partial charge in [0.15, 0.2) is 0 Å². The molecule has 0 unspecified atom stereocenters. The molecule has 0 amide bonds. The maximum Gasteiger partial charge on any atom is 0.126 e. The average Bonchev–Trinajstić information content (AvgIpc) is 2.71. The third-order valence-corrected chi connectivity index (χ3v) is 3.44. The van der Waals surface area contributed by atoms with Gasteiger partial charge in [-0.2, -0.15) is 0 Å². The first-order valence-electron chi connectivity index (χ1n) is 7.59. The SMILES string of the molecule is CCCCCCCCCc1ncn(CCC)c1N. The fourth-order valence-electron chi connectivity index (χ4n) is 2.29. The van der Waals surface area contributed by atoms with Crippen molar-refractivity contribution in [1.29, 1.82) is 0 Å². The number of aryl methyl sites for hydroxylation is 2. The summed E-state index contributed by atoms with van der Waals surface area (Å²) in [6.45, 7) is 5.40. The molecule has 1 rings (SSSR count). The van der Waals surface area contributed by atoms with Crippen LogP contribution in [-0.4, -0.2) is 9.55 Å². The first kappa shape index (κ1) is 15.1. The van der Waals surface area contributed by atoms with Crippen LogP contribution in [0.4, 0.5) is 5.82 Å². The van der Waals surface area contributed by atoms with Gasteiger partial charge in [0.05, 0.1) is 12.0 Å². The Bertz CT molecular complexity index is 318. The van der Waals surface area contributed by atoms with Crippen LogP contribution in [-0.2, 0) is 13.0 Å². The lowest BCUT2D eigenvalue weighted by atomic mass is 10.1. The van der Waals surface area contributed by atoms with Crippen molar-refractivity contribution in [2.45, 2.75) is 78.2 Å². The number of imidazole rings is 1. The molecule has 1 heterocycles. The van der Waals surface area contributed by atoms with Crippen LogP contribution >= 0.6 is 0 Å². The number of nitrogen functional groups attached to an aromatic ring is 1. The molecule has 1 aromatic rings. The van der Waals surface area contributed by atoms with Crippen molar-refractivity contribution >= 4 is 5.82 Å². The molecule has 0 aliphatic heterocycles. The molecule has 3 nitrogen and oxygen atoms in total. The fraction of sp³-hybridized carbons (Fsp3) is 0.800. The van der Waals surface area contributed by atoms with Crippen molar-refractivity contribution in [3.05, 3.63) is 12.0 Å². The molecule has 0 aliphatic rings. The summed E-state index contributed by atoms with van der Waals surface area (Å²) >= 11 is 0. The Morgan fingerprint density at radius 3 is 2.33 bits per heavy atom. The predicted octanol–water partition coefficient (Wildman–Crippen LogP) is 4.17. The predicted molar refractivity (Wildman–Crippen MR) is 78.6 cm³/mol. The number of nitrogens with two attached hydrogens (primary N) is 1. The van der Waals surface area contributed by atoms with Gasteiger partial charge in [-0.1, -0.05) is 52.4 Å². The average molecular weight is 251 g/mol. The molecule has 0 radical (unpaired) electrons. The van der Waals surface area contributed by atoms with Gasteiger partial charge >= 0.3 is 0 Å². The van der Waals surface area contributed by atoms with Crippen molar-refractivity contribution in [2.24, 2.45) is 0 Å². The number of rotatable bonds is 10. The van der Waals surface area contributed by atoms with E-state index in [1.165, 1.54) is 44.9 Å². The summed E-state index contributed by atoms with van der Waals surface area (Å²) in [7, 11) is 0. The summed E-state index contributed by atoms with van der Waals surface area (Å²) in [6, 6.07) is 0. The Hall–Kier alpha value is -0.990. The van der Waals surface area contributed by atoms with Crippen LogP contribution in [0.1, 0.15) is 70.9 Å². The summed E-state index contributed by atoms with van der Waals surface area (Å²) in [6.07, 6.45) is 13.4. The molecule has 2 N–H and O–H groups in total. The lowest BCUT2D eigenvalue weighted by Crippen LogP contribution is -2.02. The number of aromatic nitrogens is 2. The molecule has 3 heteroatoms. The van der Waals surface area contributed by atoms with E-state index in [0.717, 1.165) is 30.9 Å². The summed E-state index contributed by atoms with van der Waals surface area (Å²) < 4.78 is 2.07. The van der Waals surface area contributed by atoms with Gasteiger partial charge in [-0.05, 0) is 19.3 Å². The maximum absolute atomic E-state index is 6.07. The summed E-state index contributed by atoms with van der Waals surface area (Å²) in [5.41, 5.74) is 7.16. The summed E-state index contributed by atoms with van der Waals surface area (Å²) in [5, 5.41) is 0. The first-order valence-corrected chi connectivity index (χ1v) is 7.59. The zero-order valence-corrected chi connectivity index (χ0v) is 12.1. The van der Waals surface area contributed by atoms with Crippen molar-refractivity contribution < 1.29 is 0 Å². The molecule has 0 atom stereocenters. The molecule has 0 saturated carbocycles. The lowest BCUT2D eigenvalue weighted by molar-refractivity contribution is 0.588. The molecule has 0 aromatic carbocycles. The Balaban J connectivity index is 2.15. The van der Waals surface area contributed by atoms with Crippen LogP contribution in [0, 0.1) is 0 Å². The molecule has 0 fully saturated rings. The highest BCUT2D eigenvalue weighted by molar-refractivity contribution is 5.35. The van der Waals surface area contributed by atoms with Gasteiger partial charge in [-0.25, -0.2) is 4.98 Å². The Morgan fingerprint density at radius 2 is 1.67 bits per heavy atom. The van der Waals surface area contributed by atoms with Gasteiger partial charge in [-0.3, -0.25) is 0 Å². The van der Waals surface area contributed by atoms with Crippen LogP contribution in [0.15, 0.2) is 6.33 Å². The molecule has 18 heavy (non-hydrogen) atoms. The van der Waals surface area contributed by atoms with Crippen molar-refractivity contribution in [2.75, 3.05) is 5.73 Å². The Morgan fingerprint density at radius 1 is 1.00 bits per heavy atom. The summed E-state index contributed by atoms with van der Waals surface area (Å²) in [5.74, 6) is 0.878. The zero-order valence-electron chi connectivity index (χ0n) is 12.1. The molecule has 0 saturated heterocycles. The molecule has 0 bridgehead atoms. The van der Waals surface area contributed by atoms with Crippen molar-refractivity contribution in [1.82, 2.24) is 9.55 Å². The van der Waals surface area contributed by atoms with E-state index in [4.69, 9.17) is 5.73 Å². The van der Waals surface area contributed by atoms with Gasteiger partial charge in [0, 0.05) is 6.54 Å². The molecule has 0 aliphatic carbocycles. The highest BCUT2D eigenvalue weighted by atomic mass is 15.1. The molecular weight excluding hydrogens is 222 g/mol. The van der Waals surface area contributed by atoms with E-state index in [-0.39, 0.29) is 0 Å². The minimum atomic E-state index is 0.878. The minimum absolute atomic E-state index is 0.878. The monoisotopic (exact) mass is 251 g/mol. The van der Waals surface area contributed by atoms with Crippen LogP contribution in [0.2, 0.25) is 0 Å². The minimum Gasteiger partial charge on any atom is -0.384 e. The molecule has 104 valence electrons. The van der Waals surface area contributed by atoms with E-state index in [2.05, 4.69) is 23.4 Å². The van der Waals surface area contributed by atoms with Crippen LogP contribution in [0.25, 0.3) is 0 Å². The Labute approximate surface area is 112 Å². The summed E-state index contributed by atoms with van der Waals surface area (Å²) in [4.78, 5) is 4.42. The van der Waals surface area contributed by atoms with E-state index in [1.54, 1.807) is 0 Å². The van der Waals surface area contributed by atoms with Gasteiger partial charge < -0.3 is 10.3 Å². The largest absolute Gasteiger partial charge is 0.384 e. The molecular formula is C15H29N3. The lowest BCUT2D eigenvalue weighted by Gasteiger charge is -2.04. The number of anilines is 1. The normalized spacial score (nSPS) is 11.0. The van der Waals surface area contributed by atoms with Gasteiger partial charge in [-0.15, -0.1) is 0 Å². The second-order valence-electron chi connectivity index (χ2n) is 5.14. The van der Waals surface area contributed by atoms with E-state index in [1.807, 2.05) is 6.33 Å². The van der Waals surface area contributed by atoms with Gasteiger partial charge in [0.2, 0.25) is 0 Å². The van der Waals surface area contributed by atoms with E-state index in [9.17, 15) is 0 Å². The van der Waals surface area contributed by atoms with Crippen LogP contribution < -0.4 is 5.73 Å². The highest BCUT2D eigenvalue weighted by Gasteiger charge is 2.06. The van der Waals surface area contributed by atoms with Crippen molar-refractivity contribution in [3.8, 4) is 0 Å². The number of hydrogen-bond donors (Lipinski definition) is 1. The quantitative estimate of drug-likeness (QED) is 0.634. The maximum atomic E-state index is 6.07. The van der Waals surface area contributed by atoms with E-state index >= 15 is 0 Å². The number of nitrogens with zero attached hydrogens (tertiary/aromatic N) is 2. The van der Waals surface area contributed by atoms with Gasteiger partial charge in [0.25, 0.3) is 0 Å². The third-order valence-electron chi connectivity index (χ3n) is 3.44. The fourth-order valence-corrected chi connectivity index (χ4v) is 2.29. The van der Waals surface area contributed by atoms with Gasteiger partial charge in [0.1, 0.15) is 5.82 Å². The Kier molecular flexibility index (Phi) is 7.54. The van der Waals surface area contributed by atoms with E-state index in [0.29, 0.717) is 0 Å².